The van der Waals surface area contributed by atoms with Gasteiger partial charge in [-0.25, -0.2) is 4.79 Å². The van der Waals surface area contributed by atoms with Crippen molar-refractivity contribution < 1.29 is 24.2 Å². The van der Waals surface area contributed by atoms with Crippen LogP contribution in [0.1, 0.15) is 31.2 Å². The number of carbonyl (C=O) groups is 3. The molecule has 0 aromatic heterocycles. The summed E-state index contributed by atoms with van der Waals surface area (Å²) in [6.07, 6.45) is 1.72. The first-order valence-corrected chi connectivity index (χ1v) is 8.56. The van der Waals surface area contributed by atoms with Crippen molar-refractivity contribution in [2.24, 2.45) is 0 Å². The number of carbonyl (C=O) groups excluding carboxylic acids is 3. The number of amides is 2. The molecule has 0 aliphatic carbocycles. The predicted molar refractivity (Wildman–Crippen MR) is 86.1 cm³/mol. The lowest BCUT2D eigenvalue weighted by Crippen LogP contribution is -2.53. The third-order valence-electron chi connectivity index (χ3n) is 4.79. The SMILES string of the molecule is O=C([O-])[C@H]1CCCN1C(=O)[C@@H]1CCCN1C(=O)OCc1ccccc1. The number of aliphatic carboxylic acids is 1. The number of hydrogen-bond donors (Lipinski definition) is 0. The topological polar surface area (TPSA) is 90.0 Å². The van der Waals surface area contributed by atoms with Crippen LogP contribution in [0.15, 0.2) is 30.3 Å². The number of nitrogens with zero attached hydrogens (tertiary/aromatic N) is 2. The lowest BCUT2D eigenvalue weighted by atomic mass is 10.1. The van der Waals surface area contributed by atoms with E-state index < -0.39 is 24.1 Å². The molecule has 0 spiro atoms. The molecule has 3 rings (SSSR count). The Morgan fingerprint density at radius 3 is 2.32 bits per heavy atom. The van der Waals surface area contributed by atoms with E-state index in [1.807, 2.05) is 30.3 Å². The smallest absolute Gasteiger partial charge is 0.410 e. The summed E-state index contributed by atoms with van der Waals surface area (Å²) in [5, 5.41) is 11.2. The molecule has 134 valence electrons. The molecule has 0 bridgehead atoms. The van der Waals surface area contributed by atoms with Crippen LogP contribution < -0.4 is 5.11 Å². The van der Waals surface area contributed by atoms with Crippen LogP contribution in [0.3, 0.4) is 0 Å². The van der Waals surface area contributed by atoms with E-state index in [0.717, 1.165) is 5.56 Å². The van der Waals surface area contributed by atoms with Gasteiger partial charge in [0.15, 0.2) is 0 Å². The van der Waals surface area contributed by atoms with E-state index >= 15 is 0 Å². The Balaban J connectivity index is 1.62. The molecule has 2 aliphatic rings. The molecule has 25 heavy (non-hydrogen) atoms. The molecule has 7 heteroatoms. The van der Waals surface area contributed by atoms with E-state index in [2.05, 4.69) is 0 Å². The van der Waals surface area contributed by atoms with Crippen LogP contribution in [0.2, 0.25) is 0 Å². The van der Waals surface area contributed by atoms with Crippen molar-refractivity contribution in [2.75, 3.05) is 13.1 Å². The van der Waals surface area contributed by atoms with Crippen LogP contribution in [-0.2, 0) is 20.9 Å². The Labute approximate surface area is 146 Å². The number of carboxylic acid groups (broad SMARTS) is 1. The zero-order valence-electron chi connectivity index (χ0n) is 13.9. The van der Waals surface area contributed by atoms with Crippen molar-refractivity contribution in [2.45, 2.75) is 44.4 Å². The third kappa shape index (κ3) is 3.75. The monoisotopic (exact) mass is 345 g/mol. The average Bonchev–Trinajstić information content (AvgIpc) is 3.29. The summed E-state index contributed by atoms with van der Waals surface area (Å²) in [6.45, 7) is 0.969. The minimum Gasteiger partial charge on any atom is -0.548 e. The molecule has 7 nitrogen and oxygen atoms in total. The van der Waals surface area contributed by atoms with Gasteiger partial charge in [-0.3, -0.25) is 9.69 Å². The fourth-order valence-corrected chi connectivity index (χ4v) is 3.51. The van der Waals surface area contributed by atoms with Gasteiger partial charge in [0, 0.05) is 13.1 Å². The van der Waals surface area contributed by atoms with Crippen molar-refractivity contribution >= 4 is 18.0 Å². The summed E-state index contributed by atoms with van der Waals surface area (Å²) in [5.74, 6) is -1.55. The first kappa shape index (κ1) is 17.3. The number of hydrogen-bond acceptors (Lipinski definition) is 5. The van der Waals surface area contributed by atoms with Crippen LogP contribution in [0.25, 0.3) is 0 Å². The van der Waals surface area contributed by atoms with Crippen LogP contribution in [0.5, 0.6) is 0 Å². The zero-order chi connectivity index (χ0) is 17.8. The average molecular weight is 345 g/mol. The van der Waals surface area contributed by atoms with E-state index in [4.69, 9.17) is 4.74 Å². The molecule has 1 aromatic carbocycles. The molecule has 0 radical (unpaired) electrons. The minimum absolute atomic E-state index is 0.141. The van der Waals surface area contributed by atoms with Gasteiger partial charge in [0.05, 0.1) is 12.0 Å². The molecule has 1 aromatic rings. The maximum atomic E-state index is 12.7. The highest BCUT2D eigenvalue weighted by Gasteiger charge is 2.40. The van der Waals surface area contributed by atoms with Gasteiger partial charge in [-0.2, -0.15) is 0 Å². The van der Waals surface area contributed by atoms with E-state index in [1.165, 1.54) is 9.80 Å². The van der Waals surface area contributed by atoms with E-state index in [1.54, 1.807) is 0 Å². The molecule has 0 unspecified atom stereocenters. The Morgan fingerprint density at radius 2 is 1.64 bits per heavy atom. The largest absolute Gasteiger partial charge is 0.548 e. The second-order valence-corrected chi connectivity index (χ2v) is 6.40. The number of carboxylic acids is 1. The second-order valence-electron chi connectivity index (χ2n) is 6.40. The van der Waals surface area contributed by atoms with Crippen molar-refractivity contribution in [3.63, 3.8) is 0 Å². The first-order valence-electron chi connectivity index (χ1n) is 8.56. The molecule has 2 fully saturated rings. The summed E-state index contributed by atoms with van der Waals surface area (Å²) in [5.41, 5.74) is 0.870. The van der Waals surface area contributed by atoms with Crippen molar-refractivity contribution in [1.82, 2.24) is 9.80 Å². The number of likely N-dealkylation sites (tertiary alicyclic amines) is 2. The summed E-state index contributed by atoms with van der Waals surface area (Å²) in [7, 11) is 0. The van der Waals surface area contributed by atoms with Gasteiger partial charge >= 0.3 is 6.09 Å². The molecule has 2 saturated heterocycles. The van der Waals surface area contributed by atoms with E-state index in [-0.39, 0.29) is 12.5 Å². The summed E-state index contributed by atoms with van der Waals surface area (Å²) < 4.78 is 5.32. The fraction of sp³-hybridized carbons (Fsp3) is 0.500. The van der Waals surface area contributed by atoms with E-state index in [9.17, 15) is 19.5 Å². The highest BCUT2D eigenvalue weighted by atomic mass is 16.6. The van der Waals surface area contributed by atoms with Gasteiger partial charge < -0.3 is 19.5 Å². The quantitative estimate of drug-likeness (QED) is 0.794. The van der Waals surface area contributed by atoms with Gasteiger partial charge in [-0.15, -0.1) is 0 Å². The molecule has 2 heterocycles. The number of ether oxygens (including phenoxy) is 1. The fourth-order valence-electron chi connectivity index (χ4n) is 3.51. The second kappa shape index (κ2) is 7.55. The lowest BCUT2D eigenvalue weighted by Gasteiger charge is -2.31. The molecule has 0 N–H and O–H groups in total. The molecule has 2 amide bonds. The number of rotatable bonds is 4. The molecular weight excluding hydrogens is 324 g/mol. The standard InChI is InChI=1S/C18H22N2O5/c21-16(19-10-5-9-15(19)17(22)23)14-8-4-11-20(14)18(24)25-12-13-6-2-1-3-7-13/h1-3,6-7,14-15H,4-5,8-12H2,(H,22,23)/p-1/t14-,15+/m0/s1. The van der Waals surface area contributed by atoms with Gasteiger partial charge in [-0.05, 0) is 31.2 Å². The van der Waals surface area contributed by atoms with Crippen LogP contribution >= 0.6 is 0 Å². The highest BCUT2D eigenvalue weighted by Crippen LogP contribution is 2.25. The van der Waals surface area contributed by atoms with Gasteiger partial charge in [0.1, 0.15) is 12.6 Å². The van der Waals surface area contributed by atoms with Crippen LogP contribution in [-0.4, -0.2) is 52.9 Å². The summed E-state index contributed by atoms with van der Waals surface area (Å²) in [4.78, 5) is 39.0. The van der Waals surface area contributed by atoms with Crippen molar-refractivity contribution in [3.8, 4) is 0 Å². The maximum Gasteiger partial charge on any atom is 0.410 e. The lowest BCUT2D eigenvalue weighted by molar-refractivity contribution is -0.310. The number of benzene rings is 1. The molecule has 2 aliphatic heterocycles. The van der Waals surface area contributed by atoms with Gasteiger partial charge in [-0.1, -0.05) is 30.3 Å². The molecule has 0 saturated carbocycles. The Bertz CT molecular complexity index is 648. The predicted octanol–water partition coefficient (Wildman–Crippen LogP) is 0.528. The van der Waals surface area contributed by atoms with Crippen LogP contribution in [0.4, 0.5) is 4.79 Å². The normalized spacial score (nSPS) is 22.9. The van der Waals surface area contributed by atoms with Crippen molar-refractivity contribution in [3.05, 3.63) is 35.9 Å². The summed E-state index contributed by atoms with van der Waals surface area (Å²) >= 11 is 0. The van der Waals surface area contributed by atoms with E-state index in [0.29, 0.717) is 38.8 Å². The minimum atomic E-state index is -1.23. The van der Waals surface area contributed by atoms with Gasteiger partial charge in [0.2, 0.25) is 5.91 Å². The Morgan fingerprint density at radius 1 is 1.00 bits per heavy atom. The molecular formula is C18H21N2O5-. The van der Waals surface area contributed by atoms with Crippen LogP contribution in [0, 0.1) is 0 Å². The van der Waals surface area contributed by atoms with Gasteiger partial charge in [0.25, 0.3) is 0 Å². The maximum absolute atomic E-state index is 12.7. The highest BCUT2D eigenvalue weighted by molar-refractivity contribution is 5.89. The third-order valence-corrected chi connectivity index (χ3v) is 4.79. The zero-order valence-corrected chi connectivity index (χ0v) is 13.9. The van der Waals surface area contributed by atoms with Crippen molar-refractivity contribution in [1.29, 1.82) is 0 Å². The Hall–Kier alpha value is -2.57. The Kier molecular flexibility index (Phi) is 5.21. The summed E-state index contributed by atoms with van der Waals surface area (Å²) in [6, 6.07) is 7.77. The molecule has 2 atom stereocenters. The first-order chi connectivity index (χ1) is 12.1.